The second kappa shape index (κ2) is 9.09. The Bertz CT molecular complexity index is 1360. The fraction of sp³-hybridized carbons (Fsp3) is 0.304. The predicted octanol–water partition coefficient (Wildman–Crippen LogP) is 3.66. The molecule has 0 unspecified atom stereocenters. The quantitative estimate of drug-likeness (QED) is 0.557. The summed E-state index contributed by atoms with van der Waals surface area (Å²) in [5.41, 5.74) is -1.76. The highest BCUT2D eigenvalue weighted by atomic mass is 35.5. The number of nitrogens with zero attached hydrogens (tertiary/aromatic N) is 4. The van der Waals surface area contributed by atoms with Gasteiger partial charge in [-0.05, 0) is 55.2 Å². The maximum Gasteiger partial charge on any atom is 0.416 e. The molecule has 2 aromatic carbocycles. The van der Waals surface area contributed by atoms with E-state index in [0.717, 1.165) is 39.8 Å². The van der Waals surface area contributed by atoms with Crippen molar-refractivity contribution in [2.45, 2.75) is 32.5 Å². The molecule has 1 amide bonds. The number of aromatic nitrogens is 3. The van der Waals surface area contributed by atoms with Crippen LogP contribution in [-0.4, -0.2) is 38.2 Å². The number of likely N-dealkylation sites (tertiary alicyclic amines) is 1. The molecule has 34 heavy (non-hydrogen) atoms. The summed E-state index contributed by atoms with van der Waals surface area (Å²) >= 11 is 6.20. The third-order valence-corrected chi connectivity index (χ3v) is 6.08. The zero-order valence-corrected chi connectivity index (χ0v) is 18.9. The molecule has 2 heterocycles. The van der Waals surface area contributed by atoms with Crippen molar-refractivity contribution in [2.75, 3.05) is 13.1 Å². The molecule has 11 heteroatoms. The lowest BCUT2D eigenvalue weighted by atomic mass is 10.1. The fourth-order valence-corrected chi connectivity index (χ4v) is 3.90. The zero-order chi connectivity index (χ0) is 24.6. The zero-order valence-electron chi connectivity index (χ0n) is 18.1. The molecule has 1 saturated heterocycles. The molecule has 0 atom stereocenters. The summed E-state index contributed by atoms with van der Waals surface area (Å²) in [6.07, 6.45) is -2.93. The Labute approximate surface area is 197 Å². The van der Waals surface area contributed by atoms with Gasteiger partial charge in [0.2, 0.25) is 5.69 Å². The van der Waals surface area contributed by atoms with Gasteiger partial charge in [-0.2, -0.15) is 23.0 Å². The first kappa shape index (κ1) is 23.7. The van der Waals surface area contributed by atoms with E-state index in [1.807, 2.05) is 0 Å². The van der Waals surface area contributed by atoms with Crippen LogP contribution in [0.3, 0.4) is 0 Å². The molecule has 1 fully saturated rings. The molecule has 1 aliphatic rings. The molecule has 1 aromatic heterocycles. The highest BCUT2D eigenvalue weighted by molar-refractivity contribution is 6.31. The van der Waals surface area contributed by atoms with Gasteiger partial charge in [0.1, 0.15) is 0 Å². The van der Waals surface area contributed by atoms with Gasteiger partial charge in [0.05, 0.1) is 17.8 Å². The monoisotopic (exact) mass is 492 g/mol. The minimum absolute atomic E-state index is 0.247. The predicted molar refractivity (Wildman–Crippen MR) is 120 cm³/mol. The minimum Gasteiger partial charge on any atom is -0.337 e. The molecule has 0 radical (unpaired) electrons. The van der Waals surface area contributed by atoms with Crippen molar-refractivity contribution in [1.29, 1.82) is 0 Å². The van der Waals surface area contributed by atoms with E-state index < -0.39 is 34.6 Å². The lowest BCUT2D eigenvalue weighted by molar-refractivity contribution is -0.137. The van der Waals surface area contributed by atoms with Crippen LogP contribution in [0.5, 0.6) is 0 Å². The van der Waals surface area contributed by atoms with Crippen LogP contribution in [0.15, 0.2) is 52.1 Å². The van der Waals surface area contributed by atoms with E-state index >= 15 is 0 Å². The molecular formula is C23H20ClF3N4O3. The van der Waals surface area contributed by atoms with Crippen molar-refractivity contribution in [3.63, 3.8) is 0 Å². The lowest BCUT2D eigenvalue weighted by Crippen LogP contribution is -2.46. The van der Waals surface area contributed by atoms with E-state index in [9.17, 15) is 27.6 Å². The molecule has 4 rings (SSSR count). The molecule has 0 bridgehead atoms. The highest BCUT2D eigenvalue weighted by Crippen LogP contribution is 2.29. The maximum absolute atomic E-state index is 13.2. The van der Waals surface area contributed by atoms with Crippen molar-refractivity contribution < 1.29 is 18.0 Å². The number of rotatable bonds is 4. The number of carbonyl (C=O) groups is 1. The summed E-state index contributed by atoms with van der Waals surface area (Å²) in [6.45, 7) is 2.37. The van der Waals surface area contributed by atoms with Crippen LogP contribution in [0, 0.1) is 6.92 Å². The number of hydrogen-bond acceptors (Lipinski definition) is 4. The average Bonchev–Trinajstić information content (AvgIpc) is 3.33. The van der Waals surface area contributed by atoms with Crippen LogP contribution in [0.2, 0.25) is 5.02 Å². The third-order valence-electron chi connectivity index (χ3n) is 5.68. The van der Waals surface area contributed by atoms with Gasteiger partial charge in [0, 0.05) is 18.1 Å². The molecule has 0 spiro atoms. The van der Waals surface area contributed by atoms with E-state index in [1.165, 1.54) is 23.1 Å². The van der Waals surface area contributed by atoms with Gasteiger partial charge in [-0.15, -0.1) is 0 Å². The summed E-state index contributed by atoms with van der Waals surface area (Å²) in [4.78, 5) is 40.9. The second-order valence-electron chi connectivity index (χ2n) is 8.06. The summed E-state index contributed by atoms with van der Waals surface area (Å²) < 4.78 is 40.4. The molecule has 178 valence electrons. The van der Waals surface area contributed by atoms with E-state index in [0.29, 0.717) is 18.1 Å². The van der Waals surface area contributed by atoms with Gasteiger partial charge < -0.3 is 4.90 Å². The number of amides is 1. The van der Waals surface area contributed by atoms with Gasteiger partial charge in [0.15, 0.2) is 0 Å². The number of halogens is 4. The van der Waals surface area contributed by atoms with Crippen LogP contribution in [0.25, 0.3) is 5.69 Å². The molecule has 3 aromatic rings. The van der Waals surface area contributed by atoms with Gasteiger partial charge in [-0.3, -0.25) is 14.2 Å². The second-order valence-corrected chi connectivity index (χ2v) is 8.47. The molecule has 0 aliphatic carbocycles. The van der Waals surface area contributed by atoms with Gasteiger partial charge in [0.25, 0.3) is 11.5 Å². The van der Waals surface area contributed by atoms with Crippen LogP contribution < -0.4 is 11.2 Å². The topological polar surface area (TPSA) is 77.2 Å². The van der Waals surface area contributed by atoms with Crippen LogP contribution in [0.4, 0.5) is 13.2 Å². The molecular weight excluding hydrogens is 473 g/mol. The Kier molecular flexibility index (Phi) is 6.35. The number of alkyl halides is 3. The van der Waals surface area contributed by atoms with E-state index in [4.69, 9.17) is 11.6 Å². The number of benzene rings is 2. The number of hydrogen-bond donors (Lipinski definition) is 0. The standard InChI is InChI=1S/C23H20ClF3N4O3/c1-14-4-9-17(12-18(14)24)31-22(34)30(13-15-5-7-16(8-6-15)23(25,26)27)21(33)19(28-31)20(32)29-10-2-3-11-29/h4-9,12H,2-3,10-11,13H2,1H3. The lowest BCUT2D eigenvalue weighted by Gasteiger charge is -2.17. The van der Waals surface area contributed by atoms with Crippen molar-refractivity contribution in [1.82, 2.24) is 19.2 Å². The number of aryl methyl sites for hydroxylation is 1. The van der Waals surface area contributed by atoms with E-state index in [-0.39, 0.29) is 17.8 Å². The Morgan fingerprint density at radius 1 is 1.06 bits per heavy atom. The van der Waals surface area contributed by atoms with Crippen LogP contribution >= 0.6 is 11.6 Å². The Hall–Kier alpha value is -3.40. The Morgan fingerprint density at radius 2 is 1.71 bits per heavy atom. The first-order valence-electron chi connectivity index (χ1n) is 10.5. The highest BCUT2D eigenvalue weighted by Gasteiger charge is 2.30. The molecule has 7 nitrogen and oxygen atoms in total. The van der Waals surface area contributed by atoms with Gasteiger partial charge in [-0.1, -0.05) is 29.8 Å². The minimum atomic E-state index is -4.52. The third kappa shape index (κ3) is 4.63. The summed E-state index contributed by atoms with van der Waals surface area (Å²) in [5.74, 6) is -0.601. The SMILES string of the molecule is Cc1ccc(-n2nc(C(=O)N3CCCC3)c(=O)n(Cc3ccc(C(F)(F)F)cc3)c2=O)cc1Cl. The van der Waals surface area contributed by atoms with Gasteiger partial charge >= 0.3 is 11.9 Å². The van der Waals surface area contributed by atoms with Crippen LogP contribution in [-0.2, 0) is 12.7 Å². The van der Waals surface area contributed by atoms with Crippen molar-refractivity contribution in [3.8, 4) is 5.69 Å². The van der Waals surface area contributed by atoms with Crippen LogP contribution in [0.1, 0.15) is 40.0 Å². The summed E-state index contributed by atoms with van der Waals surface area (Å²) in [6, 6.07) is 8.84. The molecule has 0 N–H and O–H groups in total. The molecule has 0 saturated carbocycles. The molecule has 1 aliphatic heterocycles. The van der Waals surface area contributed by atoms with Gasteiger partial charge in [-0.25, -0.2) is 4.79 Å². The first-order chi connectivity index (χ1) is 16.1. The van der Waals surface area contributed by atoms with Crippen molar-refractivity contribution in [3.05, 3.63) is 90.7 Å². The Morgan fingerprint density at radius 3 is 2.29 bits per heavy atom. The van der Waals surface area contributed by atoms with Crippen molar-refractivity contribution in [2.24, 2.45) is 0 Å². The largest absolute Gasteiger partial charge is 0.416 e. The van der Waals surface area contributed by atoms with E-state index in [1.54, 1.807) is 19.1 Å². The van der Waals surface area contributed by atoms with Crippen molar-refractivity contribution >= 4 is 17.5 Å². The first-order valence-corrected chi connectivity index (χ1v) is 10.9. The smallest absolute Gasteiger partial charge is 0.337 e. The van der Waals surface area contributed by atoms with E-state index in [2.05, 4.69) is 5.10 Å². The average molecular weight is 493 g/mol. The summed E-state index contributed by atoms with van der Waals surface area (Å²) in [5, 5.41) is 4.44. The maximum atomic E-state index is 13.2. The fourth-order valence-electron chi connectivity index (χ4n) is 3.72. The summed E-state index contributed by atoms with van der Waals surface area (Å²) in [7, 11) is 0. The number of carbonyl (C=O) groups excluding carboxylic acids is 1. The Balaban J connectivity index is 1.84. The normalized spacial score (nSPS) is 14.0.